The first-order chi connectivity index (χ1) is 10.4. The summed E-state index contributed by atoms with van der Waals surface area (Å²) in [6, 6.07) is 21.2. The first-order valence-electron chi connectivity index (χ1n) is 7.68. The Morgan fingerprint density at radius 2 is 1.50 bits per heavy atom. The summed E-state index contributed by atoms with van der Waals surface area (Å²) in [6.07, 6.45) is 0. The Hall–Kier alpha value is -2.35. The molecule has 0 radical (unpaired) electrons. The smallest absolute Gasteiger partial charge is 0.0685 e. The van der Waals surface area contributed by atoms with Gasteiger partial charge in [-0.1, -0.05) is 63.2 Å². The van der Waals surface area contributed by atoms with E-state index in [-0.39, 0.29) is 5.41 Å². The van der Waals surface area contributed by atoms with Crippen LogP contribution in [-0.4, -0.2) is 9.78 Å². The van der Waals surface area contributed by atoms with Crippen molar-refractivity contribution in [1.29, 1.82) is 0 Å². The lowest BCUT2D eigenvalue weighted by Gasteiger charge is -2.14. The molecule has 1 heterocycles. The van der Waals surface area contributed by atoms with E-state index in [0.717, 1.165) is 17.1 Å². The highest BCUT2D eigenvalue weighted by atomic mass is 15.3. The molecule has 3 rings (SSSR count). The van der Waals surface area contributed by atoms with Gasteiger partial charge in [0, 0.05) is 11.1 Å². The van der Waals surface area contributed by atoms with Crippen LogP contribution < -0.4 is 0 Å². The molecule has 0 saturated heterocycles. The third kappa shape index (κ3) is 2.82. The van der Waals surface area contributed by atoms with Crippen LogP contribution in [0.2, 0.25) is 0 Å². The molecule has 22 heavy (non-hydrogen) atoms. The van der Waals surface area contributed by atoms with Crippen LogP contribution in [0.25, 0.3) is 16.8 Å². The summed E-state index contributed by atoms with van der Waals surface area (Å²) < 4.78 is 2.03. The van der Waals surface area contributed by atoms with Crippen molar-refractivity contribution >= 4 is 0 Å². The topological polar surface area (TPSA) is 17.8 Å². The first-order valence-corrected chi connectivity index (χ1v) is 7.68. The molecular formula is C20H22N2. The molecule has 0 unspecified atom stereocenters. The van der Waals surface area contributed by atoms with Gasteiger partial charge in [0.1, 0.15) is 0 Å². The quantitative estimate of drug-likeness (QED) is 0.638. The maximum atomic E-state index is 4.80. The fraction of sp³-hybridized carbons (Fsp3) is 0.250. The van der Waals surface area contributed by atoms with E-state index in [1.54, 1.807) is 0 Å². The molecule has 3 aromatic rings. The predicted octanol–water partition coefficient (Wildman–Crippen LogP) is 5.15. The van der Waals surface area contributed by atoms with Crippen LogP contribution in [-0.2, 0) is 5.41 Å². The zero-order valence-corrected chi connectivity index (χ0v) is 13.7. The molecule has 0 bridgehead atoms. The molecule has 0 aliphatic rings. The molecule has 2 nitrogen and oxygen atoms in total. The van der Waals surface area contributed by atoms with E-state index in [9.17, 15) is 0 Å². The average molecular weight is 290 g/mol. The monoisotopic (exact) mass is 290 g/mol. The molecule has 0 fully saturated rings. The molecule has 1 aromatic heterocycles. The van der Waals surface area contributed by atoms with Gasteiger partial charge in [0.05, 0.1) is 11.4 Å². The van der Waals surface area contributed by atoms with Crippen molar-refractivity contribution in [1.82, 2.24) is 9.78 Å². The van der Waals surface area contributed by atoms with E-state index in [1.165, 1.54) is 11.1 Å². The largest absolute Gasteiger partial charge is 0.238 e. The Morgan fingerprint density at radius 1 is 0.818 bits per heavy atom. The average Bonchev–Trinajstić information content (AvgIpc) is 2.90. The summed E-state index contributed by atoms with van der Waals surface area (Å²) in [6.45, 7) is 8.69. The minimum Gasteiger partial charge on any atom is -0.238 e. The van der Waals surface area contributed by atoms with Crippen LogP contribution in [0.3, 0.4) is 0 Å². The number of hydrogen-bond acceptors (Lipinski definition) is 1. The Labute approximate surface area is 132 Å². The zero-order valence-electron chi connectivity index (χ0n) is 13.7. The minimum absolute atomic E-state index is 0.0625. The number of nitrogens with zero attached hydrogens (tertiary/aromatic N) is 2. The van der Waals surface area contributed by atoms with Crippen molar-refractivity contribution in [3.63, 3.8) is 0 Å². The zero-order chi connectivity index (χ0) is 15.7. The van der Waals surface area contributed by atoms with Crippen molar-refractivity contribution < 1.29 is 0 Å². The normalized spacial score (nSPS) is 11.6. The second-order valence-electron chi connectivity index (χ2n) is 6.75. The summed E-state index contributed by atoms with van der Waals surface area (Å²) >= 11 is 0. The number of benzene rings is 2. The Kier molecular flexibility index (Phi) is 3.61. The van der Waals surface area contributed by atoms with E-state index in [1.807, 2.05) is 10.7 Å². The van der Waals surface area contributed by atoms with E-state index >= 15 is 0 Å². The number of aryl methyl sites for hydroxylation is 1. The Morgan fingerprint density at radius 3 is 2.14 bits per heavy atom. The molecule has 0 aliphatic heterocycles. The minimum atomic E-state index is 0.0625. The standard InChI is InChI=1S/C20H22N2/c1-15-13-19(20(2,3)4)21-22(15)18-12-8-11-17(14-18)16-9-6-5-7-10-16/h5-14H,1-4H3. The van der Waals surface area contributed by atoms with Crippen molar-refractivity contribution in [2.24, 2.45) is 0 Å². The molecule has 2 aromatic carbocycles. The summed E-state index contributed by atoms with van der Waals surface area (Å²) in [5.41, 5.74) is 5.89. The maximum Gasteiger partial charge on any atom is 0.0685 e. The molecule has 0 amide bonds. The van der Waals surface area contributed by atoms with E-state index < -0.39 is 0 Å². The van der Waals surface area contributed by atoms with E-state index in [2.05, 4.69) is 82.3 Å². The molecule has 112 valence electrons. The van der Waals surface area contributed by atoms with Gasteiger partial charge in [-0.05, 0) is 36.2 Å². The molecule has 0 saturated carbocycles. The van der Waals surface area contributed by atoms with Crippen molar-refractivity contribution in [3.8, 4) is 16.8 Å². The lowest BCUT2D eigenvalue weighted by Crippen LogP contribution is -2.12. The van der Waals surface area contributed by atoms with Crippen LogP contribution in [0.1, 0.15) is 32.2 Å². The SMILES string of the molecule is Cc1cc(C(C)(C)C)nn1-c1cccc(-c2ccccc2)c1. The van der Waals surface area contributed by atoms with Gasteiger partial charge in [0.15, 0.2) is 0 Å². The highest BCUT2D eigenvalue weighted by Crippen LogP contribution is 2.25. The first kappa shape index (κ1) is 14.6. The fourth-order valence-corrected chi connectivity index (χ4v) is 2.55. The number of aromatic nitrogens is 2. The highest BCUT2D eigenvalue weighted by Gasteiger charge is 2.19. The summed E-state index contributed by atoms with van der Waals surface area (Å²) in [4.78, 5) is 0. The van der Waals surface area contributed by atoms with Gasteiger partial charge < -0.3 is 0 Å². The molecule has 0 N–H and O–H groups in total. The fourth-order valence-electron chi connectivity index (χ4n) is 2.55. The molecule has 0 spiro atoms. The van der Waals surface area contributed by atoms with Crippen molar-refractivity contribution in [2.75, 3.05) is 0 Å². The second-order valence-corrected chi connectivity index (χ2v) is 6.75. The Balaban J connectivity index is 2.05. The van der Waals surface area contributed by atoms with Crippen molar-refractivity contribution in [3.05, 3.63) is 72.1 Å². The lowest BCUT2D eigenvalue weighted by molar-refractivity contribution is 0.560. The Bertz CT molecular complexity index is 777. The van der Waals surface area contributed by atoms with Gasteiger partial charge in [-0.3, -0.25) is 0 Å². The van der Waals surface area contributed by atoms with Crippen molar-refractivity contribution in [2.45, 2.75) is 33.1 Å². The summed E-state index contributed by atoms with van der Waals surface area (Å²) in [7, 11) is 0. The second kappa shape index (κ2) is 5.45. The predicted molar refractivity (Wildman–Crippen MR) is 92.4 cm³/mol. The van der Waals surface area contributed by atoms with Gasteiger partial charge in [-0.15, -0.1) is 0 Å². The van der Waals surface area contributed by atoms with E-state index in [4.69, 9.17) is 5.10 Å². The van der Waals surface area contributed by atoms with Gasteiger partial charge in [-0.25, -0.2) is 4.68 Å². The van der Waals surface area contributed by atoms with Crippen LogP contribution in [0, 0.1) is 6.92 Å². The van der Waals surface area contributed by atoms with Crippen LogP contribution in [0.5, 0.6) is 0 Å². The highest BCUT2D eigenvalue weighted by molar-refractivity contribution is 5.65. The van der Waals surface area contributed by atoms with Crippen LogP contribution in [0.15, 0.2) is 60.7 Å². The number of hydrogen-bond donors (Lipinski definition) is 0. The number of rotatable bonds is 2. The van der Waals surface area contributed by atoms with Gasteiger partial charge in [0.2, 0.25) is 0 Å². The molecule has 2 heteroatoms. The third-order valence-corrected chi connectivity index (χ3v) is 3.85. The van der Waals surface area contributed by atoms with Gasteiger partial charge in [-0.2, -0.15) is 5.10 Å². The van der Waals surface area contributed by atoms with E-state index in [0.29, 0.717) is 0 Å². The molecule has 0 aliphatic carbocycles. The van der Waals surface area contributed by atoms with Crippen LogP contribution >= 0.6 is 0 Å². The summed E-state index contributed by atoms with van der Waals surface area (Å²) in [5.74, 6) is 0. The molecular weight excluding hydrogens is 268 g/mol. The maximum absolute atomic E-state index is 4.80. The van der Waals surface area contributed by atoms with Crippen LogP contribution in [0.4, 0.5) is 0 Å². The van der Waals surface area contributed by atoms with Gasteiger partial charge >= 0.3 is 0 Å². The summed E-state index contributed by atoms with van der Waals surface area (Å²) in [5, 5.41) is 4.80. The molecule has 0 atom stereocenters. The third-order valence-electron chi connectivity index (χ3n) is 3.85. The van der Waals surface area contributed by atoms with Gasteiger partial charge in [0.25, 0.3) is 0 Å². The lowest BCUT2D eigenvalue weighted by atomic mass is 9.92.